The van der Waals surface area contributed by atoms with Crippen molar-refractivity contribution in [3.05, 3.63) is 57.8 Å². The van der Waals surface area contributed by atoms with Crippen LogP contribution in [0.2, 0.25) is 0 Å². The summed E-state index contributed by atoms with van der Waals surface area (Å²) in [5.74, 6) is 0.00497. The van der Waals surface area contributed by atoms with Gasteiger partial charge in [0, 0.05) is 19.6 Å². The van der Waals surface area contributed by atoms with Gasteiger partial charge in [0.05, 0.1) is 24.1 Å². The number of carbonyl (C=O) groups excluding carboxylic acids is 1. The SMILES string of the molecule is Cc1ccc(C(CNC(=O)c2cccs2)N2CCOCC2)cc1. The smallest absolute Gasteiger partial charge is 0.261 e. The van der Waals surface area contributed by atoms with Crippen LogP contribution in [0.3, 0.4) is 0 Å². The van der Waals surface area contributed by atoms with Gasteiger partial charge in [0.1, 0.15) is 0 Å². The quantitative estimate of drug-likeness (QED) is 0.916. The molecule has 23 heavy (non-hydrogen) atoms. The Bertz CT molecular complexity index is 619. The molecule has 1 aromatic carbocycles. The summed E-state index contributed by atoms with van der Waals surface area (Å²) in [6, 6.07) is 12.5. The number of hydrogen-bond donors (Lipinski definition) is 1. The minimum Gasteiger partial charge on any atom is -0.379 e. The highest BCUT2D eigenvalue weighted by atomic mass is 32.1. The highest BCUT2D eigenvalue weighted by molar-refractivity contribution is 7.12. The maximum absolute atomic E-state index is 12.2. The summed E-state index contributed by atoms with van der Waals surface area (Å²) < 4.78 is 5.46. The second kappa shape index (κ2) is 7.73. The van der Waals surface area contributed by atoms with E-state index in [1.54, 1.807) is 0 Å². The van der Waals surface area contributed by atoms with E-state index in [4.69, 9.17) is 4.74 Å². The molecule has 0 spiro atoms. The Morgan fingerprint density at radius 1 is 1.26 bits per heavy atom. The lowest BCUT2D eigenvalue weighted by Crippen LogP contribution is -2.43. The number of ether oxygens (including phenoxy) is 1. The molecule has 5 heteroatoms. The molecule has 1 fully saturated rings. The number of carbonyl (C=O) groups is 1. The zero-order valence-corrected chi connectivity index (χ0v) is 14.1. The van der Waals surface area contributed by atoms with Crippen LogP contribution in [0.5, 0.6) is 0 Å². The molecule has 1 aliphatic rings. The van der Waals surface area contributed by atoms with Crippen molar-refractivity contribution < 1.29 is 9.53 Å². The lowest BCUT2D eigenvalue weighted by Gasteiger charge is -2.35. The molecule has 1 N–H and O–H groups in total. The fourth-order valence-corrected chi connectivity index (χ4v) is 3.46. The molecule has 3 rings (SSSR count). The molecule has 4 nitrogen and oxygen atoms in total. The minimum absolute atomic E-state index is 0.00497. The summed E-state index contributed by atoms with van der Waals surface area (Å²) in [4.78, 5) is 15.4. The highest BCUT2D eigenvalue weighted by Crippen LogP contribution is 2.22. The van der Waals surface area contributed by atoms with E-state index < -0.39 is 0 Å². The second-order valence-corrected chi connectivity index (χ2v) is 6.71. The average molecular weight is 330 g/mol. The number of thiophene rings is 1. The first-order valence-corrected chi connectivity index (χ1v) is 8.82. The number of amides is 1. The fourth-order valence-electron chi connectivity index (χ4n) is 2.82. The average Bonchev–Trinajstić information content (AvgIpc) is 3.12. The largest absolute Gasteiger partial charge is 0.379 e. The molecular weight excluding hydrogens is 308 g/mol. The van der Waals surface area contributed by atoms with Crippen molar-refractivity contribution in [1.29, 1.82) is 0 Å². The maximum atomic E-state index is 12.2. The molecule has 2 heterocycles. The third kappa shape index (κ3) is 4.19. The molecule has 1 amide bonds. The van der Waals surface area contributed by atoms with Gasteiger partial charge in [0.2, 0.25) is 0 Å². The van der Waals surface area contributed by atoms with Crippen molar-refractivity contribution in [2.24, 2.45) is 0 Å². The third-order valence-electron chi connectivity index (χ3n) is 4.15. The van der Waals surface area contributed by atoms with Gasteiger partial charge in [-0.3, -0.25) is 9.69 Å². The van der Waals surface area contributed by atoms with Gasteiger partial charge in [-0.2, -0.15) is 0 Å². The van der Waals surface area contributed by atoms with Crippen molar-refractivity contribution in [1.82, 2.24) is 10.2 Å². The molecule has 1 unspecified atom stereocenters. The van der Waals surface area contributed by atoms with E-state index in [0.717, 1.165) is 31.2 Å². The van der Waals surface area contributed by atoms with Crippen LogP contribution in [0, 0.1) is 6.92 Å². The number of benzene rings is 1. The van der Waals surface area contributed by atoms with E-state index in [-0.39, 0.29) is 11.9 Å². The normalized spacial score (nSPS) is 16.9. The van der Waals surface area contributed by atoms with Gasteiger partial charge in [-0.1, -0.05) is 35.9 Å². The molecule has 0 aliphatic carbocycles. The number of hydrogen-bond acceptors (Lipinski definition) is 4. The van der Waals surface area contributed by atoms with Crippen molar-refractivity contribution in [3.8, 4) is 0 Å². The highest BCUT2D eigenvalue weighted by Gasteiger charge is 2.23. The minimum atomic E-state index is 0.00497. The van der Waals surface area contributed by atoms with E-state index in [2.05, 4.69) is 41.4 Å². The van der Waals surface area contributed by atoms with E-state index in [1.165, 1.54) is 22.5 Å². The summed E-state index contributed by atoms with van der Waals surface area (Å²) in [5, 5.41) is 5.01. The monoisotopic (exact) mass is 330 g/mol. The van der Waals surface area contributed by atoms with Gasteiger partial charge in [0.25, 0.3) is 5.91 Å². The number of morpholine rings is 1. The van der Waals surface area contributed by atoms with Crippen LogP contribution in [0.25, 0.3) is 0 Å². The standard InChI is InChI=1S/C18H22N2O2S/c1-14-4-6-15(7-5-14)16(20-8-10-22-11-9-20)13-19-18(21)17-3-2-12-23-17/h2-7,12,16H,8-11,13H2,1H3,(H,19,21). The molecular formula is C18H22N2O2S. The van der Waals surface area contributed by atoms with Crippen LogP contribution < -0.4 is 5.32 Å². The first kappa shape index (κ1) is 16.2. The summed E-state index contributed by atoms with van der Waals surface area (Å²) in [5.41, 5.74) is 2.49. The number of nitrogens with zero attached hydrogens (tertiary/aromatic N) is 1. The first-order chi connectivity index (χ1) is 11.2. The Morgan fingerprint density at radius 2 is 2.00 bits per heavy atom. The van der Waals surface area contributed by atoms with Gasteiger partial charge in [-0.25, -0.2) is 0 Å². The predicted molar refractivity (Wildman–Crippen MR) is 93.0 cm³/mol. The molecule has 1 aromatic heterocycles. The van der Waals surface area contributed by atoms with Crippen molar-refractivity contribution in [2.45, 2.75) is 13.0 Å². The van der Waals surface area contributed by atoms with Crippen molar-refractivity contribution in [2.75, 3.05) is 32.8 Å². The molecule has 122 valence electrons. The Hall–Kier alpha value is -1.69. The van der Waals surface area contributed by atoms with E-state index in [1.807, 2.05) is 17.5 Å². The molecule has 0 radical (unpaired) electrons. The Labute approximate surface area is 141 Å². The Morgan fingerprint density at radius 3 is 2.65 bits per heavy atom. The van der Waals surface area contributed by atoms with Crippen LogP contribution in [0.1, 0.15) is 26.8 Å². The van der Waals surface area contributed by atoms with Crippen molar-refractivity contribution in [3.63, 3.8) is 0 Å². The maximum Gasteiger partial charge on any atom is 0.261 e. The number of rotatable bonds is 5. The molecule has 1 aliphatic heterocycles. The van der Waals surface area contributed by atoms with Crippen LogP contribution in [0.4, 0.5) is 0 Å². The topological polar surface area (TPSA) is 41.6 Å². The number of aryl methyl sites for hydroxylation is 1. The summed E-state index contributed by atoms with van der Waals surface area (Å²) in [6.45, 7) is 6.00. The van der Waals surface area contributed by atoms with Gasteiger partial charge < -0.3 is 10.1 Å². The van der Waals surface area contributed by atoms with E-state index in [0.29, 0.717) is 6.54 Å². The van der Waals surface area contributed by atoms with Crippen LogP contribution >= 0.6 is 11.3 Å². The van der Waals surface area contributed by atoms with E-state index >= 15 is 0 Å². The van der Waals surface area contributed by atoms with Crippen LogP contribution in [-0.2, 0) is 4.74 Å². The van der Waals surface area contributed by atoms with Gasteiger partial charge in [-0.15, -0.1) is 11.3 Å². The van der Waals surface area contributed by atoms with Crippen LogP contribution in [0.15, 0.2) is 41.8 Å². The van der Waals surface area contributed by atoms with E-state index in [9.17, 15) is 4.79 Å². The third-order valence-corrected chi connectivity index (χ3v) is 5.02. The van der Waals surface area contributed by atoms with Gasteiger partial charge >= 0.3 is 0 Å². The molecule has 0 saturated carbocycles. The predicted octanol–water partition coefficient (Wildman–Crippen LogP) is 2.86. The molecule has 1 atom stereocenters. The van der Waals surface area contributed by atoms with Crippen molar-refractivity contribution >= 4 is 17.2 Å². The lowest BCUT2D eigenvalue weighted by molar-refractivity contribution is 0.0162. The Balaban J connectivity index is 1.72. The van der Waals surface area contributed by atoms with Crippen LogP contribution in [-0.4, -0.2) is 43.7 Å². The lowest BCUT2D eigenvalue weighted by atomic mass is 10.0. The Kier molecular flexibility index (Phi) is 5.43. The fraction of sp³-hybridized carbons (Fsp3) is 0.389. The van der Waals surface area contributed by atoms with Gasteiger partial charge in [-0.05, 0) is 23.9 Å². The zero-order chi connectivity index (χ0) is 16.1. The summed E-state index contributed by atoms with van der Waals surface area (Å²) >= 11 is 1.47. The summed E-state index contributed by atoms with van der Waals surface area (Å²) in [6.07, 6.45) is 0. The zero-order valence-electron chi connectivity index (χ0n) is 13.3. The molecule has 2 aromatic rings. The summed E-state index contributed by atoms with van der Waals surface area (Å²) in [7, 11) is 0. The molecule has 1 saturated heterocycles. The first-order valence-electron chi connectivity index (χ1n) is 7.94. The second-order valence-electron chi connectivity index (χ2n) is 5.76. The molecule has 0 bridgehead atoms. The number of nitrogens with one attached hydrogen (secondary N) is 1. The van der Waals surface area contributed by atoms with Gasteiger partial charge in [0.15, 0.2) is 0 Å².